The zero-order chi connectivity index (χ0) is 13.6. The minimum absolute atomic E-state index is 0.280. The summed E-state index contributed by atoms with van der Waals surface area (Å²) in [6.45, 7) is 0. The van der Waals surface area contributed by atoms with Crippen LogP contribution in [0.25, 0.3) is 10.2 Å². The monoisotopic (exact) mass is 297 g/mol. The molecule has 0 fully saturated rings. The molecule has 4 nitrogen and oxygen atoms in total. The van der Waals surface area contributed by atoms with E-state index >= 15 is 0 Å². The minimum atomic E-state index is -0.389. The van der Waals surface area contributed by atoms with Crippen molar-refractivity contribution in [3.63, 3.8) is 0 Å². The molecule has 3 rings (SSSR count). The van der Waals surface area contributed by atoms with E-state index in [0.717, 1.165) is 29.5 Å². The lowest BCUT2D eigenvalue weighted by Crippen LogP contribution is -2.37. The van der Waals surface area contributed by atoms with Gasteiger partial charge in [0.1, 0.15) is 22.5 Å². The van der Waals surface area contributed by atoms with E-state index in [4.69, 9.17) is 11.6 Å². The largest absolute Gasteiger partial charge is 0.378 e. The molecule has 1 aliphatic carbocycles. The van der Waals surface area contributed by atoms with Gasteiger partial charge in [-0.2, -0.15) is 0 Å². The zero-order valence-electron chi connectivity index (χ0n) is 10.9. The van der Waals surface area contributed by atoms with Crippen LogP contribution in [0.15, 0.2) is 6.33 Å². The lowest BCUT2D eigenvalue weighted by atomic mass is 9.86. The molecule has 2 aromatic heterocycles. The fourth-order valence-corrected chi connectivity index (χ4v) is 4.36. The van der Waals surface area contributed by atoms with Crippen LogP contribution in [0.4, 0.5) is 0 Å². The van der Waals surface area contributed by atoms with E-state index in [1.165, 1.54) is 16.8 Å². The molecule has 6 heteroatoms. The van der Waals surface area contributed by atoms with E-state index in [-0.39, 0.29) is 12.1 Å². The molecule has 0 aromatic carbocycles. The quantitative estimate of drug-likeness (QED) is 0.683. The zero-order valence-corrected chi connectivity index (χ0v) is 12.5. The van der Waals surface area contributed by atoms with Crippen molar-refractivity contribution in [2.24, 2.45) is 5.92 Å². The number of thiophene rings is 1. The topological polar surface area (TPSA) is 49.2 Å². The van der Waals surface area contributed by atoms with Gasteiger partial charge in [-0.15, -0.1) is 11.3 Å². The van der Waals surface area contributed by atoms with Gasteiger partial charge in [0.15, 0.2) is 0 Å². The highest BCUT2D eigenvalue weighted by molar-refractivity contribution is 7.19. The van der Waals surface area contributed by atoms with Crippen LogP contribution in [0.3, 0.4) is 0 Å². The normalized spacial score (nSPS) is 20.8. The second-order valence-electron chi connectivity index (χ2n) is 5.23. The van der Waals surface area contributed by atoms with Gasteiger partial charge < -0.3 is 5.11 Å². The summed E-state index contributed by atoms with van der Waals surface area (Å²) in [6, 6.07) is 0. The van der Waals surface area contributed by atoms with Gasteiger partial charge in [-0.05, 0) is 38.9 Å². The van der Waals surface area contributed by atoms with Gasteiger partial charge in [-0.3, -0.25) is 4.90 Å². The number of aromatic nitrogens is 2. The molecule has 0 radical (unpaired) electrons. The third-order valence-corrected chi connectivity index (χ3v) is 5.24. The molecule has 19 heavy (non-hydrogen) atoms. The van der Waals surface area contributed by atoms with Crippen molar-refractivity contribution >= 4 is 33.2 Å². The number of fused-ring (bicyclic) bond motifs is 3. The molecule has 0 spiro atoms. The number of rotatable bonds is 2. The SMILES string of the molecule is CN(C)C(O)[C@H]1CCc2c(sc3ncnc(Cl)c23)C1. The summed E-state index contributed by atoms with van der Waals surface area (Å²) < 4.78 is 0. The fraction of sp³-hybridized carbons (Fsp3) is 0.538. The maximum Gasteiger partial charge on any atom is 0.141 e. The van der Waals surface area contributed by atoms with Gasteiger partial charge in [0.2, 0.25) is 0 Å². The van der Waals surface area contributed by atoms with Crippen LogP contribution in [0.5, 0.6) is 0 Å². The number of aliphatic hydroxyl groups excluding tert-OH is 1. The average Bonchev–Trinajstić information content (AvgIpc) is 2.76. The Morgan fingerprint density at radius 2 is 2.26 bits per heavy atom. The summed E-state index contributed by atoms with van der Waals surface area (Å²) in [6.07, 6.45) is 3.94. The Kier molecular flexibility index (Phi) is 3.47. The molecule has 102 valence electrons. The Balaban J connectivity index is 1.98. The van der Waals surface area contributed by atoms with Crippen LogP contribution < -0.4 is 0 Å². The fourth-order valence-electron chi connectivity index (χ4n) is 2.77. The van der Waals surface area contributed by atoms with Crippen molar-refractivity contribution in [2.45, 2.75) is 25.5 Å². The number of nitrogens with zero attached hydrogens (tertiary/aromatic N) is 3. The molecule has 0 bridgehead atoms. The summed E-state index contributed by atoms with van der Waals surface area (Å²) >= 11 is 7.86. The first kappa shape index (κ1) is 13.2. The Bertz CT molecular complexity index is 613. The van der Waals surface area contributed by atoms with Gasteiger partial charge in [0.25, 0.3) is 0 Å². The lowest BCUT2D eigenvalue weighted by molar-refractivity contribution is -0.0142. The molecule has 2 aromatic rings. The van der Waals surface area contributed by atoms with E-state index in [1.807, 2.05) is 19.0 Å². The van der Waals surface area contributed by atoms with Gasteiger partial charge in [-0.25, -0.2) is 9.97 Å². The third-order valence-electron chi connectivity index (χ3n) is 3.79. The summed E-state index contributed by atoms with van der Waals surface area (Å²) in [4.78, 5) is 12.5. The maximum atomic E-state index is 10.2. The Labute approximate surface area is 121 Å². The standard InChI is InChI=1S/C13H16ClN3OS/c1-17(2)13(18)7-3-4-8-9(5-7)19-12-10(8)11(14)15-6-16-12/h6-7,13,18H,3-5H2,1-2H3/t7-,13?/m0/s1. The summed E-state index contributed by atoms with van der Waals surface area (Å²) in [7, 11) is 3.82. The van der Waals surface area contributed by atoms with Crippen LogP contribution in [0.1, 0.15) is 16.9 Å². The number of hydrogen-bond donors (Lipinski definition) is 1. The highest BCUT2D eigenvalue weighted by Gasteiger charge is 2.29. The van der Waals surface area contributed by atoms with Crippen molar-refractivity contribution < 1.29 is 5.11 Å². The molecule has 2 atom stereocenters. The van der Waals surface area contributed by atoms with Crippen LogP contribution in [0, 0.1) is 5.92 Å². The first-order valence-electron chi connectivity index (χ1n) is 6.33. The Hall–Kier alpha value is -0.750. The number of aryl methyl sites for hydroxylation is 1. The molecule has 0 aliphatic heterocycles. The van der Waals surface area contributed by atoms with Crippen molar-refractivity contribution in [3.05, 3.63) is 21.9 Å². The van der Waals surface area contributed by atoms with E-state index in [1.54, 1.807) is 11.3 Å². The highest BCUT2D eigenvalue weighted by atomic mass is 35.5. The van der Waals surface area contributed by atoms with E-state index in [2.05, 4.69) is 9.97 Å². The predicted molar refractivity (Wildman–Crippen MR) is 77.6 cm³/mol. The second-order valence-corrected chi connectivity index (χ2v) is 6.67. The van der Waals surface area contributed by atoms with E-state index in [0.29, 0.717) is 5.15 Å². The molecular weight excluding hydrogens is 282 g/mol. The molecule has 2 heterocycles. The second kappa shape index (κ2) is 4.98. The molecular formula is C13H16ClN3OS. The summed E-state index contributed by atoms with van der Waals surface area (Å²) in [5.74, 6) is 0.280. The predicted octanol–water partition coefficient (Wildman–Crippen LogP) is 2.33. The molecule has 0 saturated heterocycles. The van der Waals surface area contributed by atoms with Gasteiger partial charge in [-0.1, -0.05) is 11.6 Å². The highest BCUT2D eigenvalue weighted by Crippen LogP contribution is 2.40. The smallest absolute Gasteiger partial charge is 0.141 e. The van der Waals surface area contributed by atoms with Gasteiger partial charge in [0.05, 0.1) is 5.39 Å². The first-order chi connectivity index (χ1) is 9.08. The van der Waals surface area contributed by atoms with E-state index < -0.39 is 0 Å². The Morgan fingerprint density at radius 3 is 3.00 bits per heavy atom. The lowest BCUT2D eigenvalue weighted by Gasteiger charge is -2.30. The summed E-state index contributed by atoms with van der Waals surface area (Å²) in [5, 5.41) is 11.7. The van der Waals surface area contributed by atoms with Crippen LogP contribution >= 0.6 is 22.9 Å². The number of aliphatic hydroxyl groups is 1. The number of hydrogen-bond acceptors (Lipinski definition) is 5. The first-order valence-corrected chi connectivity index (χ1v) is 7.52. The maximum absolute atomic E-state index is 10.2. The van der Waals surface area contributed by atoms with Gasteiger partial charge >= 0.3 is 0 Å². The minimum Gasteiger partial charge on any atom is -0.378 e. The summed E-state index contributed by atoms with van der Waals surface area (Å²) in [5.41, 5.74) is 1.29. The van der Waals surface area contributed by atoms with Crippen molar-refractivity contribution in [1.82, 2.24) is 14.9 Å². The Morgan fingerprint density at radius 1 is 1.47 bits per heavy atom. The molecule has 1 aliphatic rings. The molecule has 0 amide bonds. The van der Waals surface area contributed by atoms with Crippen LogP contribution in [-0.2, 0) is 12.8 Å². The molecule has 1 unspecified atom stereocenters. The van der Waals surface area contributed by atoms with Crippen molar-refractivity contribution in [3.8, 4) is 0 Å². The molecule has 1 N–H and O–H groups in total. The van der Waals surface area contributed by atoms with Gasteiger partial charge in [0, 0.05) is 10.8 Å². The van der Waals surface area contributed by atoms with Crippen LogP contribution in [-0.4, -0.2) is 40.3 Å². The third kappa shape index (κ3) is 2.25. The van der Waals surface area contributed by atoms with E-state index in [9.17, 15) is 5.11 Å². The molecule has 0 saturated carbocycles. The average molecular weight is 298 g/mol. The van der Waals surface area contributed by atoms with Crippen LogP contribution in [0.2, 0.25) is 5.15 Å². The van der Waals surface area contributed by atoms with Crippen molar-refractivity contribution in [1.29, 1.82) is 0 Å². The van der Waals surface area contributed by atoms with Crippen molar-refractivity contribution in [2.75, 3.05) is 14.1 Å². The number of halogens is 1.